The lowest BCUT2D eigenvalue weighted by molar-refractivity contribution is -0.140. The van der Waals surface area contributed by atoms with Gasteiger partial charge in [-0.15, -0.1) is 0 Å². The molecule has 11 N–H and O–H groups in total. The lowest BCUT2D eigenvalue weighted by atomic mass is 9.98. The number of amides is 6. The van der Waals surface area contributed by atoms with Crippen molar-refractivity contribution in [3.63, 3.8) is 0 Å². The third-order valence-electron chi connectivity index (χ3n) is 10.5. The van der Waals surface area contributed by atoms with Crippen molar-refractivity contribution in [2.45, 2.75) is 90.6 Å². The van der Waals surface area contributed by atoms with Gasteiger partial charge in [-0.3, -0.25) is 29.4 Å². The minimum Gasteiger partial charge on any atom is -0.508 e. The molecule has 4 atom stereocenters. The number of hydrogen-bond donors (Lipinski definition) is 9. The summed E-state index contributed by atoms with van der Waals surface area (Å²) < 4.78 is 10.6. The van der Waals surface area contributed by atoms with Gasteiger partial charge in [0.05, 0.1) is 13.0 Å². The molecule has 1 aromatic heterocycles. The Labute approximate surface area is 382 Å². The van der Waals surface area contributed by atoms with Crippen LogP contribution >= 0.6 is 0 Å². The standard InChI is InChI=1S/C47H61N9O10/c1-28(2)20-36(53-43(61)35(16-11-19-51-46(49)50)55-47(64)65-27-31-14-9-6-10-15-31)44(62)54-37(29(3)4)26-56(38(42(48)60)21-30-12-7-5-8-13-30)41(59)25-52-40(58)23-33-22-32-17-18-34(57)24-39(32)66-45(33)63/h5-10,12-15,17-18,22,24,28-29,35-38,57H,11,16,19-21,23,25-27H2,1-4H3,(H2,48,60)(H,52,58)(H,53,61)(H,54,62)(H,55,64)(H4,49,50,51)/t35-,36-,37+,38-/m0/s1. The summed E-state index contributed by atoms with van der Waals surface area (Å²) in [4.78, 5) is 95.5. The van der Waals surface area contributed by atoms with E-state index in [-0.39, 0.29) is 73.7 Å². The predicted octanol–water partition coefficient (Wildman–Crippen LogP) is 2.31. The number of hydrogen-bond acceptors (Lipinski definition) is 11. The third kappa shape index (κ3) is 16.6. The van der Waals surface area contributed by atoms with Crippen molar-refractivity contribution in [2.24, 2.45) is 23.3 Å². The Kier molecular flexibility index (Phi) is 19.5. The van der Waals surface area contributed by atoms with Gasteiger partial charge < -0.3 is 57.2 Å². The van der Waals surface area contributed by atoms with Gasteiger partial charge in [0.1, 0.15) is 36.1 Å². The van der Waals surface area contributed by atoms with E-state index >= 15 is 0 Å². The molecule has 19 heteroatoms. The van der Waals surface area contributed by atoms with Crippen LogP contribution in [0.25, 0.3) is 11.0 Å². The lowest BCUT2D eigenvalue weighted by Gasteiger charge is -2.35. The van der Waals surface area contributed by atoms with Crippen LogP contribution in [0.3, 0.4) is 0 Å². The fraction of sp³-hybridized carbons (Fsp3) is 0.404. The highest BCUT2D eigenvalue weighted by Crippen LogP contribution is 2.20. The quantitative estimate of drug-likeness (QED) is 0.0212. The minimum atomic E-state index is -1.23. The molecule has 4 aromatic rings. The highest BCUT2D eigenvalue weighted by atomic mass is 16.5. The normalized spacial score (nSPS) is 12.9. The Morgan fingerprint density at radius 1 is 0.818 bits per heavy atom. The van der Waals surface area contributed by atoms with Gasteiger partial charge in [0.2, 0.25) is 29.5 Å². The molecule has 0 aliphatic carbocycles. The van der Waals surface area contributed by atoms with E-state index in [1.54, 1.807) is 68.4 Å². The van der Waals surface area contributed by atoms with Crippen LogP contribution < -0.4 is 43.7 Å². The minimum absolute atomic E-state index is 0.00907. The molecule has 0 saturated carbocycles. The van der Waals surface area contributed by atoms with Crippen LogP contribution in [0.2, 0.25) is 0 Å². The van der Waals surface area contributed by atoms with E-state index in [4.69, 9.17) is 26.0 Å². The number of primary amides is 1. The Morgan fingerprint density at radius 2 is 1.47 bits per heavy atom. The second kappa shape index (κ2) is 25.2. The largest absolute Gasteiger partial charge is 0.508 e. The molecule has 354 valence electrons. The number of phenolic OH excluding ortho intramolecular Hbond substituents is 1. The average molecular weight is 912 g/mol. The van der Waals surface area contributed by atoms with E-state index in [1.807, 2.05) is 19.9 Å². The van der Waals surface area contributed by atoms with Crippen LogP contribution in [0.5, 0.6) is 5.75 Å². The number of fused-ring (bicyclic) bond motifs is 1. The van der Waals surface area contributed by atoms with Crippen LogP contribution in [-0.2, 0) is 48.2 Å². The van der Waals surface area contributed by atoms with Gasteiger partial charge in [0.15, 0.2) is 5.96 Å². The highest BCUT2D eigenvalue weighted by Gasteiger charge is 2.34. The van der Waals surface area contributed by atoms with Gasteiger partial charge in [-0.2, -0.15) is 0 Å². The molecule has 0 radical (unpaired) electrons. The monoisotopic (exact) mass is 911 g/mol. The SMILES string of the molecule is CC(C)C[C@H](NC(=O)[C@H](CCCNC(=N)N)NC(=O)OCc1ccccc1)C(=O)N[C@H](CN(C(=O)CNC(=O)Cc1cc2ccc(O)cc2oc1=O)[C@@H](Cc1ccccc1)C(N)=O)C(C)C. The first-order valence-electron chi connectivity index (χ1n) is 21.7. The zero-order valence-corrected chi connectivity index (χ0v) is 37.6. The molecule has 0 bridgehead atoms. The summed E-state index contributed by atoms with van der Waals surface area (Å²) in [5.74, 6) is -4.31. The molecule has 0 fully saturated rings. The number of rotatable bonds is 24. The topological polar surface area (TPSA) is 301 Å². The highest BCUT2D eigenvalue weighted by molar-refractivity contribution is 5.92. The maximum atomic E-state index is 14.2. The van der Waals surface area contributed by atoms with Crippen molar-refractivity contribution in [3.8, 4) is 5.75 Å². The number of nitrogens with zero attached hydrogens (tertiary/aromatic N) is 1. The predicted molar refractivity (Wildman–Crippen MR) is 247 cm³/mol. The Hall–Kier alpha value is -7.44. The summed E-state index contributed by atoms with van der Waals surface area (Å²) in [5.41, 5.74) is 12.1. The van der Waals surface area contributed by atoms with Crippen molar-refractivity contribution in [3.05, 3.63) is 112 Å². The number of guanidine groups is 1. The summed E-state index contributed by atoms with van der Waals surface area (Å²) >= 11 is 0. The number of benzene rings is 3. The van der Waals surface area contributed by atoms with Crippen LogP contribution in [-0.4, -0.2) is 95.4 Å². The van der Waals surface area contributed by atoms with E-state index in [0.29, 0.717) is 17.4 Å². The van der Waals surface area contributed by atoms with Gasteiger partial charge in [-0.25, -0.2) is 9.59 Å². The van der Waals surface area contributed by atoms with E-state index < -0.39 is 78.4 Å². The molecule has 66 heavy (non-hydrogen) atoms. The molecule has 3 aromatic carbocycles. The second-order valence-corrected chi connectivity index (χ2v) is 16.7. The molecule has 6 amide bonds. The average Bonchev–Trinajstić information content (AvgIpc) is 3.26. The van der Waals surface area contributed by atoms with Crippen LogP contribution in [0.15, 0.2) is 94.1 Å². The maximum Gasteiger partial charge on any atom is 0.408 e. The van der Waals surface area contributed by atoms with Gasteiger partial charge in [0, 0.05) is 42.6 Å². The first-order valence-corrected chi connectivity index (χ1v) is 21.7. The van der Waals surface area contributed by atoms with Crippen LogP contribution in [0.1, 0.15) is 63.6 Å². The molecule has 19 nitrogen and oxygen atoms in total. The van der Waals surface area contributed by atoms with E-state index in [0.717, 1.165) is 5.56 Å². The van der Waals surface area contributed by atoms with Crippen molar-refractivity contribution < 1.29 is 43.0 Å². The van der Waals surface area contributed by atoms with E-state index in [1.165, 1.54) is 29.2 Å². The molecule has 4 rings (SSSR count). The molecule has 0 aliphatic rings. The number of phenols is 1. The molecule has 0 spiro atoms. The van der Waals surface area contributed by atoms with Gasteiger partial charge in [-0.1, -0.05) is 88.4 Å². The molecule has 1 heterocycles. The lowest BCUT2D eigenvalue weighted by Crippen LogP contribution is -2.60. The van der Waals surface area contributed by atoms with Crippen molar-refractivity contribution >= 4 is 52.6 Å². The summed E-state index contributed by atoms with van der Waals surface area (Å²) in [6, 6.07) is 19.2. The smallest absolute Gasteiger partial charge is 0.408 e. The van der Waals surface area contributed by atoms with Crippen molar-refractivity contribution in [2.75, 3.05) is 19.6 Å². The van der Waals surface area contributed by atoms with Crippen LogP contribution in [0.4, 0.5) is 4.79 Å². The molecular formula is C47H61N9O10. The Balaban J connectivity index is 1.53. The van der Waals surface area contributed by atoms with Gasteiger partial charge in [0.25, 0.3) is 0 Å². The number of nitrogens with one attached hydrogen (secondary N) is 6. The third-order valence-corrected chi connectivity index (χ3v) is 10.5. The number of alkyl carbamates (subject to hydrolysis) is 1. The first kappa shape index (κ1) is 51.2. The Morgan fingerprint density at radius 3 is 2.09 bits per heavy atom. The summed E-state index contributed by atoms with van der Waals surface area (Å²) in [6.07, 6.45) is -0.689. The summed E-state index contributed by atoms with van der Waals surface area (Å²) in [5, 5.41) is 31.2. The maximum absolute atomic E-state index is 14.2. The number of carbonyl (C=O) groups is 6. The molecule has 0 saturated heterocycles. The number of ether oxygens (including phenoxy) is 1. The number of carbonyl (C=O) groups excluding carboxylic acids is 6. The molecule has 0 unspecified atom stereocenters. The van der Waals surface area contributed by atoms with E-state index in [2.05, 4.69) is 26.6 Å². The molecule has 0 aliphatic heterocycles. The van der Waals surface area contributed by atoms with Crippen molar-refractivity contribution in [1.82, 2.24) is 31.5 Å². The number of aromatic hydroxyl groups is 1. The number of nitrogens with two attached hydrogens (primary N) is 2. The zero-order chi connectivity index (χ0) is 48.3. The van der Waals surface area contributed by atoms with Crippen molar-refractivity contribution in [1.29, 1.82) is 5.41 Å². The summed E-state index contributed by atoms with van der Waals surface area (Å²) in [7, 11) is 0. The Bertz CT molecular complexity index is 2360. The second-order valence-electron chi connectivity index (χ2n) is 16.7. The van der Waals surface area contributed by atoms with Gasteiger partial charge in [-0.05, 0) is 60.4 Å². The van der Waals surface area contributed by atoms with E-state index in [9.17, 15) is 38.7 Å². The van der Waals surface area contributed by atoms with Gasteiger partial charge >= 0.3 is 11.7 Å². The fourth-order valence-corrected chi connectivity index (χ4v) is 6.98. The first-order chi connectivity index (χ1) is 31.4. The summed E-state index contributed by atoms with van der Waals surface area (Å²) in [6.45, 7) is 6.68. The fourth-order valence-electron chi connectivity index (χ4n) is 6.98. The molecular weight excluding hydrogens is 851 g/mol. The zero-order valence-electron chi connectivity index (χ0n) is 37.6. The van der Waals surface area contributed by atoms with Crippen LogP contribution in [0, 0.1) is 17.2 Å².